The van der Waals surface area contributed by atoms with Crippen LogP contribution in [0.3, 0.4) is 0 Å². The zero-order valence-electron chi connectivity index (χ0n) is 20.3. The van der Waals surface area contributed by atoms with E-state index >= 15 is 0 Å². The minimum Gasteiger partial charge on any atom is -0.357 e. The van der Waals surface area contributed by atoms with E-state index in [0.29, 0.717) is 41.7 Å². The summed E-state index contributed by atoms with van der Waals surface area (Å²) in [4.78, 5) is 3.19. The van der Waals surface area contributed by atoms with Gasteiger partial charge in [-0.25, -0.2) is 0 Å². The number of nitriles is 1. The van der Waals surface area contributed by atoms with Crippen molar-refractivity contribution >= 4 is 17.4 Å². The minimum atomic E-state index is -5.46. The van der Waals surface area contributed by atoms with Crippen LogP contribution < -0.4 is 5.32 Å². The lowest BCUT2D eigenvalue weighted by molar-refractivity contribution is -0.253. The lowest BCUT2D eigenvalue weighted by Crippen LogP contribution is -2.34. The van der Waals surface area contributed by atoms with Crippen LogP contribution >= 0.6 is 11.8 Å². The second-order valence-corrected chi connectivity index (χ2v) is 11.5. The van der Waals surface area contributed by atoms with Crippen molar-refractivity contribution in [2.45, 2.75) is 66.7 Å². The van der Waals surface area contributed by atoms with Crippen molar-refractivity contribution in [3.8, 4) is 6.07 Å². The lowest BCUT2D eigenvalue weighted by Gasteiger charge is -2.33. The molecule has 1 heterocycles. The molecule has 2 fully saturated rings. The highest BCUT2D eigenvalue weighted by molar-refractivity contribution is 8.00. The third kappa shape index (κ3) is 5.13. The number of halogens is 6. The summed E-state index contributed by atoms with van der Waals surface area (Å²) in [5.41, 5.74) is 2.02. The Morgan fingerprint density at radius 1 is 1.03 bits per heavy atom. The normalized spacial score (nSPS) is 20.2. The van der Waals surface area contributed by atoms with Crippen LogP contribution in [0.4, 0.5) is 32.0 Å². The number of nitrogens with one attached hydrogen (secondary N) is 1. The van der Waals surface area contributed by atoms with Crippen LogP contribution in [0.2, 0.25) is 0 Å². The minimum absolute atomic E-state index is 0.309. The van der Waals surface area contributed by atoms with Crippen molar-refractivity contribution in [3.05, 3.63) is 83.7 Å². The van der Waals surface area contributed by atoms with E-state index in [1.807, 2.05) is 22.7 Å². The third-order valence-corrected chi connectivity index (χ3v) is 8.62. The number of hydrogen-bond donors (Lipinski definition) is 1. The van der Waals surface area contributed by atoms with Gasteiger partial charge in [0.1, 0.15) is 0 Å². The van der Waals surface area contributed by atoms with Gasteiger partial charge < -0.3 is 10.2 Å². The number of allylic oxidation sites excluding steroid dienone is 1. The Morgan fingerprint density at radius 2 is 1.66 bits per heavy atom. The first-order chi connectivity index (χ1) is 17.8. The first-order valence-corrected chi connectivity index (χ1v) is 13.1. The number of nitrogens with zero attached hydrogens (tertiary/aromatic N) is 2. The second-order valence-electron chi connectivity index (χ2n) is 10.1. The van der Waals surface area contributed by atoms with Gasteiger partial charge in [-0.1, -0.05) is 31.4 Å². The summed E-state index contributed by atoms with van der Waals surface area (Å²) < 4.78 is 78.7. The van der Waals surface area contributed by atoms with Gasteiger partial charge in [-0.2, -0.15) is 31.6 Å². The molecule has 3 nitrogen and oxygen atoms in total. The summed E-state index contributed by atoms with van der Waals surface area (Å²) in [7, 11) is 0. The van der Waals surface area contributed by atoms with Crippen LogP contribution in [0.1, 0.15) is 54.3 Å². The molecule has 0 saturated heterocycles. The van der Waals surface area contributed by atoms with Gasteiger partial charge in [-0.05, 0) is 66.6 Å². The van der Waals surface area contributed by atoms with Crippen molar-refractivity contribution in [2.75, 3.05) is 5.32 Å². The van der Waals surface area contributed by atoms with Crippen LogP contribution in [-0.2, 0) is 6.54 Å². The molecule has 0 aromatic heterocycles. The molecular formula is C28H25F6N3S. The molecule has 0 amide bonds. The zero-order valence-corrected chi connectivity index (χ0v) is 21.1. The molecule has 1 unspecified atom stereocenters. The first kappa shape index (κ1) is 26.5. The molecule has 1 N–H and O–H groups in total. The summed E-state index contributed by atoms with van der Waals surface area (Å²) in [6, 6.07) is 12.2. The summed E-state index contributed by atoms with van der Waals surface area (Å²) >= 11 is 1.84. The Hall–Kier alpha value is -3.06. The molecule has 1 atom stereocenters. The second kappa shape index (κ2) is 9.30. The predicted molar refractivity (Wildman–Crippen MR) is 134 cm³/mol. The molecule has 3 aliphatic rings. The van der Waals surface area contributed by atoms with E-state index < -0.39 is 35.3 Å². The number of hydrogen-bond acceptors (Lipinski definition) is 4. The number of alkyl halides is 6. The van der Waals surface area contributed by atoms with Crippen LogP contribution in [-0.4, -0.2) is 22.5 Å². The van der Waals surface area contributed by atoms with Gasteiger partial charge in [0, 0.05) is 33.8 Å². The molecule has 0 spiro atoms. The first-order valence-electron chi connectivity index (χ1n) is 12.2. The number of benzene rings is 2. The molecule has 10 heteroatoms. The third-order valence-electron chi connectivity index (χ3n) is 7.29. The maximum Gasteiger partial charge on any atom is 0.404 e. The summed E-state index contributed by atoms with van der Waals surface area (Å²) in [6.45, 7) is 8.93. The number of fused-ring (bicyclic) bond motifs is 1. The van der Waals surface area contributed by atoms with E-state index in [-0.39, 0.29) is 0 Å². The number of anilines is 1. The van der Waals surface area contributed by atoms with E-state index in [2.05, 4.69) is 36.7 Å². The zero-order chi connectivity index (χ0) is 27.5. The van der Waals surface area contributed by atoms with E-state index in [1.165, 1.54) is 25.0 Å². The Kier molecular flexibility index (Phi) is 6.49. The van der Waals surface area contributed by atoms with Gasteiger partial charge >= 0.3 is 12.4 Å². The van der Waals surface area contributed by atoms with Gasteiger partial charge in [0.25, 0.3) is 0 Å². The van der Waals surface area contributed by atoms with Crippen molar-refractivity contribution in [2.24, 2.45) is 5.41 Å². The molecule has 200 valence electrons. The summed E-state index contributed by atoms with van der Waals surface area (Å²) in [6.07, 6.45) is -7.09. The van der Waals surface area contributed by atoms with Crippen molar-refractivity contribution in [3.63, 3.8) is 0 Å². The number of rotatable bonds is 8. The highest BCUT2D eigenvalue weighted by Gasteiger charge is 2.57. The lowest BCUT2D eigenvalue weighted by atomic mass is 9.97. The molecule has 38 heavy (non-hydrogen) atoms. The Morgan fingerprint density at radius 3 is 2.18 bits per heavy atom. The van der Waals surface area contributed by atoms with Crippen molar-refractivity contribution in [1.29, 1.82) is 5.26 Å². The predicted octanol–water partition coefficient (Wildman–Crippen LogP) is 8.45. The molecule has 5 rings (SSSR count). The molecule has 2 saturated carbocycles. The van der Waals surface area contributed by atoms with E-state index in [4.69, 9.17) is 0 Å². The van der Waals surface area contributed by atoms with Gasteiger partial charge in [0.05, 0.1) is 17.5 Å². The van der Waals surface area contributed by atoms with Gasteiger partial charge in [0.15, 0.2) is 5.92 Å². The fourth-order valence-corrected chi connectivity index (χ4v) is 6.06. The van der Waals surface area contributed by atoms with Crippen LogP contribution in [0.15, 0.2) is 71.9 Å². The molecule has 2 aromatic carbocycles. The SMILES string of the molecule is C=C(Nc1ccc(C(C(F)(F)F)C(F)(F)F)cc1)C1c2ccc(SC3CC3)cc2CN1C(=C)C1(C#N)CC1. The molecule has 2 aromatic rings. The topological polar surface area (TPSA) is 39.1 Å². The van der Waals surface area contributed by atoms with Gasteiger partial charge in [-0.15, -0.1) is 11.8 Å². The van der Waals surface area contributed by atoms with E-state index in [1.54, 1.807) is 0 Å². The average molecular weight is 550 g/mol. The Labute approximate surface area is 221 Å². The fourth-order valence-electron chi connectivity index (χ4n) is 4.95. The smallest absolute Gasteiger partial charge is 0.357 e. The molecule has 0 bridgehead atoms. The van der Waals surface area contributed by atoms with Crippen molar-refractivity contribution in [1.82, 2.24) is 4.90 Å². The number of thioether (sulfide) groups is 1. The maximum absolute atomic E-state index is 13.1. The van der Waals surface area contributed by atoms with Crippen molar-refractivity contribution < 1.29 is 26.3 Å². The van der Waals surface area contributed by atoms with E-state index in [9.17, 15) is 31.6 Å². The highest BCUT2D eigenvalue weighted by atomic mass is 32.2. The van der Waals surface area contributed by atoms with E-state index in [0.717, 1.165) is 28.2 Å². The molecular weight excluding hydrogens is 524 g/mol. The quantitative estimate of drug-likeness (QED) is 0.336. The molecule has 1 aliphatic heterocycles. The summed E-state index contributed by atoms with van der Waals surface area (Å²) in [5, 5.41) is 13.5. The molecule has 2 aliphatic carbocycles. The van der Waals surface area contributed by atoms with Gasteiger partial charge in [0.2, 0.25) is 0 Å². The van der Waals surface area contributed by atoms with Crippen LogP contribution in [0.25, 0.3) is 0 Å². The maximum atomic E-state index is 13.1. The average Bonchev–Trinajstić information content (AvgIpc) is 3.75. The van der Waals surface area contributed by atoms with Crippen LogP contribution in [0.5, 0.6) is 0 Å². The molecule has 0 radical (unpaired) electrons. The standard InChI is InChI=1S/C28H25F6N3S/c1-16(36-20-5-3-18(4-6-20)25(27(29,30)31)28(32,33)34)24-23-10-9-22(38-21-7-8-21)13-19(23)14-37(24)17(2)26(15-35)11-12-26/h3-6,9-10,13,21,24-25,36H,1-2,7-8,11-12,14H2. The Balaban J connectivity index is 1.40. The van der Waals surface area contributed by atoms with Crippen LogP contribution in [0, 0.1) is 16.7 Å². The fraction of sp³-hybridized carbons (Fsp3) is 0.393. The largest absolute Gasteiger partial charge is 0.404 e. The summed E-state index contributed by atoms with van der Waals surface area (Å²) in [5.74, 6) is -3.56. The Bertz CT molecular complexity index is 1290. The monoisotopic (exact) mass is 549 g/mol. The van der Waals surface area contributed by atoms with Gasteiger partial charge in [-0.3, -0.25) is 0 Å². The highest BCUT2D eigenvalue weighted by Crippen LogP contribution is 2.56.